The van der Waals surface area contributed by atoms with E-state index < -0.39 is 10.9 Å². The molecule has 1 rings (SSSR count). The molecule has 0 fully saturated rings. The van der Waals surface area contributed by atoms with E-state index in [0.717, 1.165) is 6.07 Å². The lowest BCUT2D eigenvalue weighted by Gasteiger charge is -2.18. The van der Waals surface area contributed by atoms with Crippen LogP contribution >= 0.6 is 0 Å². The van der Waals surface area contributed by atoms with E-state index in [1.807, 2.05) is 13.8 Å². The second-order valence-electron chi connectivity index (χ2n) is 4.31. The molecular formula is C12H15NO5. The van der Waals surface area contributed by atoms with Gasteiger partial charge in [-0.25, -0.2) is 4.79 Å². The second-order valence-corrected chi connectivity index (χ2v) is 4.31. The predicted octanol–water partition coefficient (Wildman–Crippen LogP) is 2.72. The Morgan fingerprint density at radius 1 is 1.39 bits per heavy atom. The van der Waals surface area contributed by atoms with Crippen LogP contribution in [-0.4, -0.2) is 22.1 Å². The number of carbonyl (C=O) groups is 1. The van der Waals surface area contributed by atoms with Crippen molar-refractivity contribution < 1.29 is 19.6 Å². The Hall–Kier alpha value is -2.11. The SMILES string of the molecule is CC(C)C(C)Oc1cc(C(=O)O)ccc1[N+](=O)[O-]. The summed E-state index contributed by atoms with van der Waals surface area (Å²) in [7, 11) is 0. The van der Waals surface area contributed by atoms with Crippen molar-refractivity contribution >= 4 is 11.7 Å². The van der Waals surface area contributed by atoms with Crippen molar-refractivity contribution in [3.8, 4) is 5.75 Å². The average Bonchev–Trinajstić information content (AvgIpc) is 2.28. The third-order valence-corrected chi connectivity index (χ3v) is 2.66. The molecule has 0 aromatic heterocycles. The molecule has 1 unspecified atom stereocenters. The largest absolute Gasteiger partial charge is 0.484 e. The maximum absolute atomic E-state index is 10.8. The molecule has 0 aliphatic carbocycles. The molecule has 18 heavy (non-hydrogen) atoms. The van der Waals surface area contributed by atoms with Gasteiger partial charge in [-0.1, -0.05) is 13.8 Å². The highest BCUT2D eigenvalue weighted by Gasteiger charge is 2.20. The molecule has 0 saturated heterocycles. The molecule has 0 radical (unpaired) electrons. The summed E-state index contributed by atoms with van der Waals surface area (Å²) in [6.45, 7) is 5.61. The Labute approximate surface area is 104 Å². The van der Waals surface area contributed by atoms with Crippen LogP contribution in [-0.2, 0) is 0 Å². The molecule has 0 heterocycles. The minimum absolute atomic E-state index is 0.0129. The number of hydrogen-bond donors (Lipinski definition) is 1. The molecule has 1 aromatic rings. The van der Waals surface area contributed by atoms with Gasteiger partial charge in [-0.2, -0.15) is 0 Å². The number of carboxylic acid groups (broad SMARTS) is 1. The number of hydrogen-bond acceptors (Lipinski definition) is 4. The van der Waals surface area contributed by atoms with Crippen LogP contribution in [0.1, 0.15) is 31.1 Å². The first-order valence-electron chi connectivity index (χ1n) is 5.51. The van der Waals surface area contributed by atoms with Crippen molar-refractivity contribution in [3.05, 3.63) is 33.9 Å². The lowest BCUT2D eigenvalue weighted by molar-refractivity contribution is -0.386. The number of nitro groups is 1. The number of aromatic carboxylic acids is 1. The zero-order valence-electron chi connectivity index (χ0n) is 10.4. The molecule has 0 amide bonds. The molecule has 0 bridgehead atoms. The van der Waals surface area contributed by atoms with Crippen molar-refractivity contribution in [2.45, 2.75) is 26.9 Å². The van der Waals surface area contributed by atoms with E-state index in [0.29, 0.717) is 0 Å². The number of carboxylic acids is 1. The van der Waals surface area contributed by atoms with E-state index in [1.54, 1.807) is 6.92 Å². The maximum atomic E-state index is 10.8. The van der Waals surface area contributed by atoms with Crippen molar-refractivity contribution in [2.75, 3.05) is 0 Å². The summed E-state index contributed by atoms with van der Waals surface area (Å²) in [5.41, 5.74) is -0.265. The highest BCUT2D eigenvalue weighted by molar-refractivity contribution is 5.88. The summed E-state index contributed by atoms with van der Waals surface area (Å²) in [6.07, 6.45) is -0.243. The highest BCUT2D eigenvalue weighted by atomic mass is 16.6. The monoisotopic (exact) mass is 253 g/mol. The van der Waals surface area contributed by atoms with Gasteiger partial charge in [-0.3, -0.25) is 10.1 Å². The van der Waals surface area contributed by atoms with Gasteiger partial charge in [0.2, 0.25) is 0 Å². The van der Waals surface area contributed by atoms with Gasteiger partial charge in [-0.15, -0.1) is 0 Å². The molecular weight excluding hydrogens is 238 g/mol. The average molecular weight is 253 g/mol. The summed E-state index contributed by atoms with van der Waals surface area (Å²) in [4.78, 5) is 21.1. The van der Waals surface area contributed by atoms with Crippen molar-refractivity contribution in [1.82, 2.24) is 0 Å². The third kappa shape index (κ3) is 3.19. The maximum Gasteiger partial charge on any atom is 0.335 e. The highest BCUT2D eigenvalue weighted by Crippen LogP contribution is 2.29. The van der Waals surface area contributed by atoms with Crippen LogP contribution in [0, 0.1) is 16.0 Å². The zero-order chi connectivity index (χ0) is 13.9. The standard InChI is InChI=1S/C12H15NO5/c1-7(2)8(3)18-11-6-9(12(14)15)4-5-10(11)13(16)17/h4-8H,1-3H3,(H,14,15). The Bertz CT molecular complexity index is 470. The van der Waals surface area contributed by atoms with E-state index in [4.69, 9.17) is 9.84 Å². The minimum atomic E-state index is -1.15. The van der Waals surface area contributed by atoms with Gasteiger partial charge >= 0.3 is 11.7 Å². The van der Waals surface area contributed by atoms with E-state index in [-0.39, 0.29) is 29.0 Å². The van der Waals surface area contributed by atoms with Gasteiger partial charge in [-0.05, 0) is 18.9 Å². The molecule has 98 valence electrons. The normalized spacial score (nSPS) is 12.2. The Balaban J connectivity index is 3.15. The van der Waals surface area contributed by atoms with Crippen molar-refractivity contribution in [3.63, 3.8) is 0 Å². The summed E-state index contributed by atoms with van der Waals surface area (Å²) in [5.74, 6) is -0.994. The van der Waals surface area contributed by atoms with Crippen LogP contribution in [0.15, 0.2) is 18.2 Å². The quantitative estimate of drug-likeness (QED) is 0.643. The molecule has 1 atom stereocenters. The van der Waals surface area contributed by atoms with Crippen LogP contribution in [0.5, 0.6) is 5.75 Å². The van der Waals surface area contributed by atoms with Gasteiger partial charge in [0.15, 0.2) is 5.75 Å². The van der Waals surface area contributed by atoms with Gasteiger partial charge in [0.1, 0.15) is 0 Å². The van der Waals surface area contributed by atoms with E-state index in [9.17, 15) is 14.9 Å². The number of ether oxygens (including phenoxy) is 1. The lowest BCUT2D eigenvalue weighted by atomic mass is 10.1. The predicted molar refractivity (Wildman–Crippen MR) is 65.0 cm³/mol. The zero-order valence-corrected chi connectivity index (χ0v) is 10.4. The lowest BCUT2D eigenvalue weighted by Crippen LogP contribution is -2.19. The number of benzene rings is 1. The Morgan fingerprint density at radius 3 is 2.44 bits per heavy atom. The third-order valence-electron chi connectivity index (χ3n) is 2.66. The summed E-state index contributed by atoms with van der Waals surface area (Å²) in [5, 5.41) is 19.7. The fourth-order valence-electron chi connectivity index (χ4n) is 1.23. The summed E-state index contributed by atoms with van der Waals surface area (Å²) in [6, 6.07) is 3.51. The van der Waals surface area contributed by atoms with Gasteiger partial charge in [0, 0.05) is 12.1 Å². The van der Waals surface area contributed by atoms with Crippen LogP contribution < -0.4 is 4.74 Å². The van der Waals surface area contributed by atoms with Crippen molar-refractivity contribution in [1.29, 1.82) is 0 Å². The Morgan fingerprint density at radius 2 is 2.00 bits per heavy atom. The van der Waals surface area contributed by atoms with Crippen LogP contribution in [0.3, 0.4) is 0 Å². The molecule has 1 aromatic carbocycles. The number of nitrogens with zero attached hydrogens (tertiary/aromatic N) is 1. The summed E-state index contributed by atoms with van der Waals surface area (Å²) < 4.78 is 5.45. The van der Waals surface area contributed by atoms with Crippen LogP contribution in [0.2, 0.25) is 0 Å². The molecule has 0 saturated carbocycles. The second kappa shape index (κ2) is 5.48. The molecule has 0 spiro atoms. The smallest absolute Gasteiger partial charge is 0.335 e. The van der Waals surface area contributed by atoms with Gasteiger partial charge in [0.25, 0.3) is 0 Å². The fraction of sp³-hybridized carbons (Fsp3) is 0.417. The minimum Gasteiger partial charge on any atom is -0.484 e. The molecule has 6 nitrogen and oxygen atoms in total. The van der Waals surface area contributed by atoms with Gasteiger partial charge in [0.05, 0.1) is 16.6 Å². The molecule has 0 aliphatic rings. The van der Waals surface area contributed by atoms with Crippen LogP contribution in [0.25, 0.3) is 0 Å². The van der Waals surface area contributed by atoms with Crippen molar-refractivity contribution in [2.24, 2.45) is 5.92 Å². The molecule has 1 N–H and O–H groups in total. The van der Waals surface area contributed by atoms with E-state index in [2.05, 4.69) is 0 Å². The molecule has 6 heteroatoms. The first-order chi connectivity index (χ1) is 8.32. The first kappa shape index (κ1) is 14.0. The van der Waals surface area contributed by atoms with E-state index in [1.165, 1.54) is 12.1 Å². The first-order valence-corrected chi connectivity index (χ1v) is 5.51. The number of rotatable bonds is 5. The Kier molecular flexibility index (Phi) is 4.25. The van der Waals surface area contributed by atoms with E-state index >= 15 is 0 Å². The fourth-order valence-corrected chi connectivity index (χ4v) is 1.23. The van der Waals surface area contributed by atoms with Crippen LogP contribution in [0.4, 0.5) is 5.69 Å². The molecule has 0 aliphatic heterocycles. The topological polar surface area (TPSA) is 89.7 Å². The number of nitro benzene ring substituents is 1. The summed E-state index contributed by atoms with van der Waals surface area (Å²) >= 11 is 0. The van der Waals surface area contributed by atoms with Gasteiger partial charge < -0.3 is 9.84 Å².